The molecule has 0 amide bonds. The molecule has 1 aliphatic heterocycles. The van der Waals surface area contributed by atoms with Crippen molar-refractivity contribution in [2.75, 3.05) is 49.4 Å². The van der Waals surface area contributed by atoms with Gasteiger partial charge < -0.3 is 19.9 Å². The van der Waals surface area contributed by atoms with E-state index in [-0.39, 0.29) is 18.0 Å². The molecule has 0 aliphatic carbocycles. The van der Waals surface area contributed by atoms with Crippen LogP contribution < -0.4 is 15.1 Å². The number of hydrogen-bond acceptors (Lipinski definition) is 7. The number of pyridine rings is 1. The first-order chi connectivity index (χ1) is 11.6. The molecule has 0 aromatic carbocycles. The fourth-order valence-corrected chi connectivity index (χ4v) is 2.76. The number of aromatic nitrogens is 3. The van der Waals surface area contributed by atoms with E-state index in [0.717, 1.165) is 5.82 Å². The number of rotatable bonds is 5. The summed E-state index contributed by atoms with van der Waals surface area (Å²) in [6.07, 6.45) is 4.43. The monoisotopic (exact) mass is 332 g/mol. The molecule has 128 valence electrons. The summed E-state index contributed by atoms with van der Waals surface area (Å²) in [6.45, 7) is 1.33. The van der Waals surface area contributed by atoms with Crippen molar-refractivity contribution in [2.45, 2.75) is 12.1 Å². The Labute approximate surface area is 140 Å². The van der Waals surface area contributed by atoms with Crippen molar-refractivity contribution in [3.8, 4) is 0 Å². The molecule has 1 aliphatic rings. The largest absolute Gasteiger partial charge is 0.377 e. The molecule has 0 spiro atoms. The third-order valence-corrected chi connectivity index (χ3v) is 4.03. The highest BCUT2D eigenvalue weighted by Gasteiger charge is 2.34. The van der Waals surface area contributed by atoms with Crippen LogP contribution in [0.3, 0.4) is 0 Å². The van der Waals surface area contributed by atoms with Gasteiger partial charge in [-0.3, -0.25) is 4.98 Å². The average Bonchev–Trinajstić information content (AvgIpc) is 3.00. The Balaban J connectivity index is 1.77. The van der Waals surface area contributed by atoms with Crippen LogP contribution >= 0.6 is 0 Å². The van der Waals surface area contributed by atoms with E-state index in [2.05, 4.69) is 25.2 Å². The minimum Gasteiger partial charge on any atom is -0.377 e. The van der Waals surface area contributed by atoms with Gasteiger partial charge in [0.1, 0.15) is 5.82 Å². The molecule has 3 rings (SSSR count). The van der Waals surface area contributed by atoms with E-state index in [0.29, 0.717) is 24.7 Å². The highest BCUT2D eigenvalue weighted by atomic mass is 19.1. The molecule has 2 aromatic rings. The van der Waals surface area contributed by atoms with Crippen LogP contribution in [0.4, 0.5) is 21.8 Å². The Hall–Kier alpha value is -2.48. The summed E-state index contributed by atoms with van der Waals surface area (Å²) in [4.78, 5) is 16.5. The molecule has 7 nitrogen and oxygen atoms in total. The van der Waals surface area contributed by atoms with Gasteiger partial charge in [0.2, 0.25) is 5.95 Å². The smallest absolute Gasteiger partial charge is 0.226 e. The minimum atomic E-state index is -0.372. The van der Waals surface area contributed by atoms with Gasteiger partial charge in [-0.2, -0.15) is 4.98 Å². The van der Waals surface area contributed by atoms with Crippen LogP contribution in [0.5, 0.6) is 0 Å². The second kappa shape index (κ2) is 6.96. The predicted octanol–water partition coefficient (Wildman–Crippen LogP) is 1.39. The van der Waals surface area contributed by atoms with E-state index < -0.39 is 0 Å². The normalized spacial score (nSPS) is 20.2. The molecule has 1 saturated heterocycles. The molecule has 0 bridgehead atoms. The van der Waals surface area contributed by atoms with Crippen LogP contribution in [0.15, 0.2) is 30.7 Å². The van der Waals surface area contributed by atoms with Crippen molar-refractivity contribution in [3.05, 3.63) is 36.5 Å². The van der Waals surface area contributed by atoms with Gasteiger partial charge >= 0.3 is 0 Å². The number of hydrogen-bond donors (Lipinski definition) is 1. The Morgan fingerprint density at radius 3 is 2.83 bits per heavy atom. The molecule has 3 heterocycles. The van der Waals surface area contributed by atoms with Crippen molar-refractivity contribution >= 4 is 17.5 Å². The zero-order chi connectivity index (χ0) is 17.1. The van der Waals surface area contributed by atoms with Crippen LogP contribution in [-0.2, 0) is 4.74 Å². The lowest BCUT2D eigenvalue weighted by Crippen LogP contribution is -2.33. The Morgan fingerprint density at radius 1 is 1.29 bits per heavy atom. The molecule has 8 heteroatoms. The summed E-state index contributed by atoms with van der Waals surface area (Å²) in [7, 11) is 5.46. The fourth-order valence-electron chi connectivity index (χ4n) is 2.76. The van der Waals surface area contributed by atoms with Crippen LogP contribution in [0.25, 0.3) is 0 Å². The molecule has 2 aromatic heterocycles. The van der Waals surface area contributed by atoms with Gasteiger partial charge in [-0.1, -0.05) is 0 Å². The van der Waals surface area contributed by atoms with Crippen molar-refractivity contribution in [2.24, 2.45) is 0 Å². The zero-order valence-corrected chi connectivity index (χ0v) is 14.0. The standard InChI is InChI=1S/C16H21FN6O/c1-22(2)16-19-7-5-15(21-16)23-9-13(14(10-23)24-3)20-12-4-6-18-8-11(12)17/h4-8,13-14H,9-10H2,1-3H3,(H,18,20)/t13-,14+/m0/s1. The van der Waals surface area contributed by atoms with Crippen LogP contribution in [-0.4, -0.2) is 61.4 Å². The maximum Gasteiger partial charge on any atom is 0.226 e. The second-order valence-corrected chi connectivity index (χ2v) is 5.89. The van der Waals surface area contributed by atoms with Gasteiger partial charge in [0, 0.05) is 46.7 Å². The third kappa shape index (κ3) is 3.38. The summed E-state index contributed by atoms with van der Waals surface area (Å²) in [5, 5.41) is 3.21. The van der Waals surface area contributed by atoms with Gasteiger partial charge in [0.15, 0.2) is 5.82 Å². The van der Waals surface area contributed by atoms with Crippen molar-refractivity contribution < 1.29 is 9.13 Å². The second-order valence-electron chi connectivity index (χ2n) is 5.89. The average molecular weight is 332 g/mol. The van der Waals surface area contributed by atoms with Crippen molar-refractivity contribution in [1.29, 1.82) is 0 Å². The number of nitrogens with zero attached hydrogens (tertiary/aromatic N) is 5. The number of halogens is 1. The highest BCUT2D eigenvalue weighted by Crippen LogP contribution is 2.24. The summed E-state index contributed by atoms with van der Waals surface area (Å²) in [5.74, 6) is 1.11. The van der Waals surface area contributed by atoms with E-state index in [4.69, 9.17) is 4.74 Å². The topological polar surface area (TPSA) is 66.4 Å². The molecule has 24 heavy (non-hydrogen) atoms. The first-order valence-corrected chi connectivity index (χ1v) is 7.72. The molecule has 0 unspecified atom stereocenters. The molecule has 1 N–H and O–H groups in total. The number of methoxy groups -OCH3 is 1. The molecular weight excluding hydrogens is 311 g/mol. The Bertz CT molecular complexity index is 698. The van der Waals surface area contributed by atoms with E-state index >= 15 is 0 Å². The van der Waals surface area contributed by atoms with Gasteiger partial charge in [-0.05, 0) is 12.1 Å². The van der Waals surface area contributed by atoms with E-state index in [1.165, 1.54) is 6.20 Å². The SMILES string of the molecule is CO[C@@H]1CN(c2ccnc(N(C)C)n2)C[C@@H]1Nc1ccncc1F. The first-order valence-electron chi connectivity index (χ1n) is 7.72. The lowest BCUT2D eigenvalue weighted by atomic mass is 10.2. The van der Waals surface area contributed by atoms with Gasteiger partial charge in [0.05, 0.1) is 24.0 Å². The first kappa shape index (κ1) is 16.4. The van der Waals surface area contributed by atoms with E-state index in [1.807, 2.05) is 25.1 Å². The molecule has 1 fully saturated rings. The lowest BCUT2D eigenvalue weighted by Gasteiger charge is -2.20. The molecule has 2 atom stereocenters. The summed E-state index contributed by atoms with van der Waals surface area (Å²) < 4.78 is 19.4. The maximum atomic E-state index is 13.8. The summed E-state index contributed by atoms with van der Waals surface area (Å²) in [6, 6.07) is 3.44. The summed E-state index contributed by atoms with van der Waals surface area (Å²) in [5.41, 5.74) is 0.426. The fraction of sp³-hybridized carbons (Fsp3) is 0.438. The van der Waals surface area contributed by atoms with Gasteiger partial charge in [-0.15, -0.1) is 0 Å². The summed E-state index contributed by atoms with van der Waals surface area (Å²) >= 11 is 0. The number of nitrogens with one attached hydrogen (secondary N) is 1. The lowest BCUT2D eigenvalue weighted by molar-refractivity contribution is 0.113. The van der Waals surface area contributed by atoms with Crippen molar-refractivity contribution in [3.63, 3.8) is 0 Å². The van der Waals surface area contributed by atoms with Crippen LogP contribution in [0, 0.1) is 5.82 Å². The Kier molecular flexibility index (Phi) is 4.75. The van der Waals surface area contributed by atoms with E-state index in [9.17, 15) is 4.39 Å². The molecule has 0 radical (unpaired) electrons. The maximum absolute atomic E-state index is 13.8. The van der Waals surface area contributed by atoms with Crippen LogP contribution in [0.1, 0.15) is 0 Å². The van der Waals surface area contributed by atoms with E-state index in [1.54, 1.807) is 25.6 Å². The number of anilines is 3. The third-order valence-electron chi connectivity index (χ3n) is 4.03. The zero-order valence-electron chi connectivity index (χ0n) is 14.0. The van der Waals surface area contributed by atoms with Crippen molar-refractivity contribution in [1.82, 2.24) is 15.0 Å². The highest BCUT2D eigenvalue weighted by molar-refractivity contribution is 5.49. The minimum absolute atomic E-state index is 0.0512. The van der Waals surface area contributed by atoms with Crippen LogP contribution in [0.2, 0.25) is 0 Å². The van der Waals surface area contributed by atoms with Gasteiger partial charge in [0.25, 0.3) is 0 Å². The quantitative estimate of drug-likeness (QED) is 0.887. The molecule has 0 saturated carbocycles. The number of ether oxygens (including phenoxy) is 1. The predicted molar refractivity (Wildman–Crippen MR) is 91.0 cm³/mol. The molecular formula is C16H21FN6O. The Morgan fingerprint density at radius 2 is 2.12 bits per heavy atom. The van der Waals surface area contributed by atoms with Gasteiger partial charge in [-0.25, -0.2) is 9.37 Å².